The number of nitrogens with one attached hydrogen (secondary N) is 1. The van der Waals surface area contributed by atoms with Crippen molar-refractivity contribution in [3.8, 4) is 5.75 Å². The Hall–Kier alpha value is -2.29. The Labute approximate surface area is 136 Å². The summed E-state index contributed by atoms with van der Waals surface area (Å²) in [6, 6.07) is 16.0. The van der Waals surface area contributed by atoms with Crippen LogP contribution in [0, 0.1) is 5.92 Å². The molecule has 0 saturated carbocycles. The Kier molecular flexibility index (Phi) is 2.87. The van der Waals surface area contributed by atoms with Gasteiger partial charge in [0.05, 0.1) is 0 Å². The highest BCUT2D eigenvalue weighted by atomic mass is 16.5. The van der Waals surface area contributed by atoms with Gasteiger partial charge in [0.2, 0.25) is 5.91 Å². The molecule has 1 N–H and O–H groups in total. The van der Waals surface area contributed by atoms with Crippen LogP contribution >= 0.6 is 0 Å². The van der Waals surface area contributed by atoms with Crippen molar-refractivity contribution in [1.29, 1.82) is 0 Å². The Morgan fingerprint density at radius 1 is 1.04 bits per heavy atom. The summed E-state index contributed by atoms with van der Waals surface area (Å²) >= 11 is 0. The van der Waals surface area contributed by atoms with Crippen LogP contribution < -0.4 is 10.1 Å². The third kappa shape index (κ3) is 1.68. The molecule has 3 heteroatoms. The van der Waals surface area contributed by atoms with Crippen LogP contribution in [-0.4, -0.2) is 11.5 Å². The van der Waals surface area contributed by atoms with Gasteiger partial charge in [-0.05, 0) is 38.0 Å². The van der Waals surface area contributed by atoms with E-state index in [9.17, 15) is 4.79 Å². The monoisotopic (exact) mass is 307 g/mol. The maximum atomic E-state index is 13.3. The van der Waals surface area contributed by atoms with Crippen LogP contribution in [0.4, 0.5) is 5.69 Å². The molecule has 4 rings (SSSR count). The Bertz CT molecular complexity index is 796. The van der Waals surface area contributed by atoms with Crippen LogP contribution in [0.2, 0.25) is 0 Å². The summed E-state index contributed by atoms with van der Waals surface area (Å²) in [5, 5.41) is 3.11. The molecule has 0 bridgehead atoms. The molecule has 0 radical (unpaired) electrons. The normalized spacial score (nSPS) is 27.1. The third-order valence-corrected chi connectivity index (χ3v) is 5.41. The highest BCUT2D eigenvalue weighted by Gasteiger charge is 2.61. The van der Waals surface area contributed by atoms with Gasteiger partial charge < -0.3 is 10.1 Å². The molecule has 2 aliphatic heterocycles. The quantitative estimate of drug-likeness (QED) is 0.860. The zero-order valence-electron chi connectivity index (χ0n) is 13.7. The minimum atomic E-state index is -0.677. The van der Waals surface area contributed by atoms with E-state index in [-0.39, 0.29) is 11.8 Å². The van der Waals surface area contributed by atoms with Crippen LogP contribution in [0.5, 0.6) is 5.75 Å². The first-order chi connectivity index (χ1) is 11.0. The van der Waals surface area contributed by atoms with Gasteiger partial charge in [-0.1, -0.05) is 43.3 Å². The first kappa shape index (κ1) is 14.3. The lowest BCUT2D eigenvalue weighted by Gasteiger charge is -2.49. The van der Waals surface area contributed by atoms with Crippen LogP contribution in [0.25, 0.3) is 0 Å². The van der Waals surface area contributed by atoms with Crippen LogP contribution in [0.15, 0.2) is 48.5 Å². The van der Waals surface area contributed by atoms with Crippen molar-refractivity contribution in [2.45, 2.75) is 38.2 Å². The van der Waals surface area contributed by atoms with E-state index in [1.54, 1.807) is 0 Å². The second kappa shape index (κ2) is 4.60. The predicted molar refractivity (Wildman–Crippen MR) is 90.8 cm³/mol. The van der Waals surface area contributed by atoms with Gasteiger partial charge in [0.1, 0.15) is 16.8 Å². The van der Waals surface area contributed by atoms with E-state index in [1.165, 1.54) is 0 Å². The van der Waals surface area contributed by atoms with Gasteiger partial charge in [-0.2, -0.15) is 0 Å². The second-order valence-corrected chi connectivity index (χ2v) is 6.97. The van der Waals surface area contributed by atoms with E-state index in [0.717, 1.165) is 29.0 Å². The molecule has 0 saturated heterocycles. The highest BCUT2D eigenvalue weighted by Crippen LogP contribution is 2.57. The van der Waals surface area contributed by atoms with Crippen LogP contribution in [-0.2, 0) is 10.2 Å². The number of hydrogen-bond donors (Lipinski definition) is 1. The number of carbonyl (C=O) groups is 1. The molecule has 0 aromatic heterocycles. The fourth-order valence-electron chi connectivity index (χ4n) is 4.64. The van der Waals surface area contributed by atoms with Gasteiger partial charge in [0.25, 0.3) is 0 Å². The average Bonchev–Trinajstić information content (AvgIpc) is 2.80. The standard InChI is InChI=1S/C20H21NO2/c1-4-17-19(2,3)23-16-12-8-6-10-14(16)20(17)13-9-5-7-11-15(13)21-18(20)22/h5-12,17H,4H2,1-3H3,(H,21,22). The molecule has 2 aliphatic rings. The van der Waals surface area contributed by atoms with E-state index < -0.39 is 11.0 Å². The average molecular weight is 307 g/mol. The maximum absolute atomic E-state index is 13.3. The maximum Gasteiger partial charge on any atom is 0.240 e. The first-order valence-electron chi connectivity index (χ1n) is 8.21. The van der Waals surface area contributed by atoms with E-state index >= 15 is 0 Å². The lowest BCUT2D eigenvalue weighted by molar-refractivity contribution is -0.126. The van der Waals surface area contributed by atoms with E-state index in [0.29, 0.717) is 0 Å². The van der Waals surface area contributed by atoms with Gasteiger partial charge in [-0.3, -0.25) is 4.79 Å². The fourth-order valence-corrected chi connectivity index (χ4v) is 4.64. The van der Waals surface area contributed by atoms with Crippen molar-refractivity contribution in [2.75, 3.05) is 5.32 Å². The summed E-state index contributed by atoms with van der Waals surface area (Å²) in [6.45, 7) is 6.32. The van der Waals surface area contributed by atoms with Crippen molar-refractivity contribution in [2.24, 2.45) is 5.92 Å². The van der Waals surface area contributed by atoms with E-state index in [2.05, 4.69) is 32.2 Å². The third-order valence-electron chi connectivity index (χ3n) is 5.41. The zero-order valence-corrected chi connectivity index (χ0v) is 13.7. The number of para-hydroxylation sites is 2. The number of hydrogen-bond acceptors (Lipinski definition) is 2. The lowest BCUT2D eigenvalue weighted by atomic mass is 9.59. The van der Waals surface area contributed by atoms with E-state index in [4.69, 9.17) is 4.74 Å². The summed E-state index contributed by atoms with van der Waals surface area (Å²) in [7, 11) is 0. The number of ether oxygens (including phenoxy) is 1. The summed E-state index contributed by atoms with van der Waals surface area (Å²) in [5.74, 6) is 0.942. The van der Waals surface area contributed by atoms with E-state index in [1.807, 2.05) is 42.5 Å². The van der Waals surface area contributed by atoms with Crippen LogP contribution in [0.1, 0.15) is 38.3 Å². The molecule has 0 aliphatic carbocycles. The second-order valence-electron chi connectivity index (χ2n) is 6.97. The number of fused-ring (bicyclic) bond motifs is 4. The Balaban J connectivity index is 2.11. The fraction of sp³-hybridized carbons (Fsp3) is 0.350. The molecule has 118 valence electrons. The zero-order chi connectivity index (χ0) is 16.2. The van der Waals surface area contributed by atoms with Crippen LogP contribution in [0.3, 0.4) is 0 Å². The number of amides is 1. The minimum absolute atomic E-state index is 0.0635. The number of rotatable bonds is 1. The summed E-state index contributed by atoms with van der Waals surface area (Å²) in [4.78, 5) is 13.3. The summed E-state index contributed by atoms with van der Waals surface area (Å²) < 4.78 is 6.29. The largest absolute Gasteiger partial charge is 0.487 e. The molecule has 2 aromatic rings. The van der Waals surface area contributed by atoms with Gasteiger partial charge in [-0.15, -0.1) is 0 Å². The molecule has 2 unspecified atom stereocenters. The van der Waals surface area contributed by atoms with Gasteiger partial charge in [0, 0.05) is 17.2 Å². The van der Waals surface area contributed by atoms with Crippen molar-refractivity contribution in [3.63, 3.8) is 0 Å². The molecule has 0 fully saturated rings. The van der Waals surface area contributed by atoms with Gasteiger partial charge in [0.15, 0.2) is 0 Å². The Morgan fingerprint density at radius 2 is 1.70 bits per heavy atom. The molecular formula is C20H21NO2. The minimum Gasteiger partial charge on any atom is -0.487 e. The Morgan fingerprint density at radius 3 is 2.43 bits per heavy atom. The molecular weight excluding hydrogens is 286 g/mol. The number of anilines is 1. The van der Waals surface area contributed by atoms with Crippen molar-refractivity contribution in [1.82, 2.24) is 0 Å². The van der Waals surface area contributed by atoms with Gasteiger partial charge >= 0.3 is 0 Å². The summed E-state index contributed by atoms with van der Waals surface area (Å²) in [6.07, 6.45) is 0.864. The smallest absolute Gasteiger partial charge is 0.240 e. The van der Waals surface area contributed by atoms with Crippen molar-refractivity contribution < 1.29 is 9.53 Å². The molecule has 2 heterocycles. The number of carbonyl (C=O) groups excluding carboxylic acids is 1. The lowest BCUT2D eigenvalue weighted by Crippen LogP contribution is -2.57. The topological polar surface area (TPSA) is 38.3 Å². The predicted octanol–water partition coefficient (Wildman–Crippen LogP) is 4.12. The SMILES string of the molecule is CCC1C(C)(C)Oc2ccccc2C12C(=O)Nc1ccccc12. The van der Waals surface area contributed by atoms with Crippen molar-refractivity contribution in [3.05, 3.63) is 59.7 Å². The molecule has 1 spiro atoms. The van der Waals surface area contributed by atoms with Gasteiger partial charge in [-0.25, -0.2) is 0 Å². The highest BCUT2D eigenvalue weighted by molar-refractivity contribution is 6.09. The molecule has 2 atom stereocenters. The molecule has 2 aromatic carbocycles. The molecule has 23 heavy (non-hydrogen) atoms. The molecule has 1 amide bonds. The molecule has 3 nitrogen and oxygen atoms in total. The number of benzene rings is 2. The first-order valence-corrected chi connectivity index (χ1v) is 8.21. The summed E-state index contributed by atoms with van der Waals surface area (Å²) in [5.41, 5.74) is 1.87. The van der Waals surface area contributed by atoms with Crippen molar-refractivity contribution >= 4 is 11.6 Å².